The molecule has 0 radical (unpaired) electrons. The molecular formula is C11H27FNPSi. The molecule has 0 aromatic carbocycles. The predicted octanol–water partition coefficient (Wildman–Crippen LogP) is 5.08. The topological polar surface area (TPSA) is 12.4 Å². The Morgan fingerprint density at radius 3 is 1.20 bits per heavy atom. The van der Waals surface area contributed by atoms with E-state index in [0.717, 1.165) is 0 Å². The van der Waals surface area contributed by atoms with Crippen LogP contribution in [0.5, 0.6) is 0 Å². The first kappa shape index (κ1) is 15.4. The van der Waals surface area contributed by atoms with Gasteiger partial charge in [-0.25, -0.2) is 0 Å². The van der Waals surface area contributed by atoms with Crippen molar-refractivity contribution in [1.82, 2.24) is 0 Å². The largest absolute Gasteiger partial charge is 0.359 e. The van der Waals surface area contributed by atoms with Crippen LogP contribution in [-0.2, 0) is 0 Å². The maximum atomic E-state index is 14.0. The number of halogens is 1. The van der Waals surface area contributed by atoms with E-state index >= 15 is 0 Å². The molecule has 0 amide bonds. The third kappa shape index (κ3) is 3.71. The zero-order valence-electron chi connectivity index (χ0n) is 11.5. The van der Waals surface area contributed by atoms with Crippen LogP contribution in [0.15, 0.2) is 4.41 Å². The fourth-order valence-electron chi connectivity index (χ4n) is 2.55. The maximum absolute atomic E-state index is 14.0. The second-order valence-electron chi connectivity index (χ2n) is 5.58. The van der Waals surface area contributed by atoms with Gasteiger partial charge in [0.05, 0.1) is 0 Å². The Balaban J connectivity index is 5.65. The summed E-state index contributed by atoms with van der Waals surface area (Å²) in [5.74, 6) is 0. The summed E-state index contributed by atoms with van der Waals surface area (Å²) < 4.78 is 18.7. The van der Waals surface area contributed by atoms with E-state index in [0.29, 0.717) is 17.0 Å². The second kappa shape index (κ2) is 5.14. The van der Waals surface area contributed by atoms with E-state index in [1.54, 1.807) is 13.1 Å². The molecule has 0 aromatic heterocycles. The molecule has 0 aliphatic rings. The van der Waals surface area contributed by atoms with E-state index in [2.05, 4.69) is 41.5 Å². The molecule has 0 atom stereocenters. The van der Waals surface area contributed by atoms with Crippen LogP contribution in [-0.4, -0.2) is 25.5 Å². The highest BCUT2D eigenvalue weighted by Gasteiger charge is 2.35. The number of nitrogens with zero attached hydrogens (tertiary/aromatic N) is 1. The fraction of sp³-hybridized carbons (Fsp3) is 1.00. The van der Waals surface area contributed by atoms with Gasteiger partial charge >= 0.3 is 8.57 Å². The van der Waals surface area contributed by atoms with Crippen molar-refractivity contribution >= 4 is 15.6 Å². The summed E-state index contributed by atoms with van der Waals surface area (Å²) in [5, 5.41) is 0. The molecule has 0 saturated heterocycles. The average molecular weight is 251 g/mol. The van der Waals surface area contributed by atoms with Crippen molar-refractivity contribution in [2.24, 2.45) is 4.41 Å². The first-order chi connectivity index (χ1) is 6.54. The third-order valence-electron chi connectivity index (χ3n) is 2.89. The van der Waals surface area contributed by atoms with Crippen molar-refractivity contribution in [1.29, 1.82) is 0 Å². The van der Waals surface area contributed by atoms with E-state index in [9.17, 15) is 4.11 Å². The van der Waals surface area contributed by atoms with Crippen molar-refractivity contribution in [3.05, 3.63) is 0 Å². The standard InChI is InChI=1S/C11H27FNPSi/c1-9(2)14(10(3)4,11(5)6)13-15(7,8)12/h9-11H,1-8H3. The van der Waals surface area contributed by atoms with Gasteiger partial charge in [0.15, 0.2) is 0 Å². The van der Waals surface area contributed by atoms with Gasteiger partial charge in [-0.15, -0.1) is 0 Å². The van der Waals surface area contributed by atoms with Gasteiger partial charge < -0.3 is 4.41 Å². The highest BCUT2D eigenvalue weighted by atomic mass is 31.2. The van der Waals surface area contributed by atoms with E-state index in [1.165, 1.54) is 0 Å². The van der Waals surface area contributed by atoms with Gasteiger partial charge in [0.2, 0.25) is 0 Å². The van der Waals surface area contributed by atoms with Crippen molar-refractivity contribution in [3.63, 3.8) is 0 Å². The van der Waals surface area contributed by atoms with Crippen molar-refractivity contribution in [3.8, 4) is 0 Å². The van der Waals surface area contributed by atoms with Gasteiger partial charge in [-0.3, -0.25) is 4.11 Å². The molecule has 0 aromatic rings. The van der Waals surface area contributed by atoms with Crippen molar-refractivity contribution < 1.29 is 4.11 Å². The lowest BCUT2D eigenvalue weighted by Gasteiger charge is -2.38. The van der Waals surface area contributed by atoms with Crippen LogP contribution in [0.4, 0.5) is 4.11 Å². The van der Waals surface area contributed by atoms with Crippen LogP contribution in [0.1, 0.15) is 41.5 Å². The van der Waals surface area contributed by atoms with Gasteiger partial charge in [-0.1, -0.05) is 41.5 Å². The summed E-state index contributed by atoms with van der Waals surface area (Å²) in [6.07, 6.45) is 0. The molecule has 0 N–H and O–H groups in total. The van der Waals surface area contributed by atoms with Gasteiger partial charge in [0.25, 0.3) is 0 Å². The molecule has 0 spiro atoms. The van der Waals surface area contributed by atoms with Gasteiger partial charge in [-0.2, -0.15) is 0 Å². The SMILES string of the molecule is CC(C)P(=N[Si](C)(C)F)(C(C)C)C(C)C. The Morgan fingerprint density at radius 2 is 1.13 bits per heavy atom. The Hall–Kier alpha value is 0.377. The fourth-order valence-corrected chi connectivity index (χ4v) is 12.2. The average Bonchev–Trinajstić information content (AvgIpc) is 1.96. The lowest BCUT2D eigenvalue weighted by Crippen LogP contribution is -2.23. The monoisotopic (exact) mass is 251 g/mol. The summed E-state index contributed by atoms with van der Waals surface area (Å²) in [7, 11) is -4.33. The first-order valence-electron chi connectivity index (χ1n) is 5.85. The van der Waals surface area contributed by atoms with Crippen LogP contribution in [0.25, 0.3) is 0 Å². The zero-order valence-corrected chi connectivity index (χ0v) is 13.4. The highest BCUT2D eigenvalue weighted by molar-refractivity contribution is 7.69. The number of hydrogen-bond acceptors (Lipinski definition) is 1. The predicted molar refractivity (Wildman–Crippen MR) is 73.3 cm³/mol. The molecule has 0 aliphatic heterocycles. The summed E-state index contributed by atoms with van der Waals surface area (Å²) >= 11 is 0. The van der Waals surface area contributed by atoms with Crippen LogP contribution in [0, 0.1) is 0 Å². The molecule has 0 unspecified atom stereocenters. The number of hydrogen-bond donors (Lipinski definition) is 0. The number of rotatable bonds is 4. The molecule has 92 valence electrons. The third-order valence-corrected chi connectivity index (χ3v) is 11.1. The van der Waals surface area contributed by atoms with Gasteiger partial charge in [0.1, 0.15) is 0 Å². The van der Waals surface area contributed by atoms with Crippen LogP contribution < -0.4 is 0 Å². The van der Waals surface area contributed by atoms with Gasteiger partial charge in [0, 0.05) is 0 Å². The zero-order chi connectivity index (χ0) is 12.4. The minimum atomic E-state index is -2.81. The molecule has 15 heavy (non-hydrogen) atoms. The molecule has 0 saturated carbocycles. The minimum absolute atomic E-state index is 0.500. The minimum Gasteiger partial charge on any atom is -0.304 e. The van der Waals surface area contributed by atoms with Crippen LogP contribution in [0.2, 0.25) is 13.1 Å². The molecule has 0 heterocycles. The summed E-state index contributed by atoms with van der Waals surface area (Å²) in [6, 6.07) is 0. The molecule has 0 rings (SSSR count). The van der Waals surface area contributed by atoms with Gasteiger partial charge in [-0.05, 0) is 37.1 Å². The Kier molecular flexibility index (Phi) is 5.27. The summed E-state index contributed by atoms with van der Waals surface area (Å²) in [6.45, 7) is 16.6. The van der Waals surface area contributed by atoms with E-state index in [1.807, 2.05) is 0 Å². The van der Waals surface area contributed by atoms with Crippen molar-refractivity contribution in [2.45, 2.75) is 71.6 Å². The molecule has 1 nitrogen and oxygen atoms in total. The first-order valence-corrected chi connectivity index (χ1v) is 10.6. The van der Waals surface area contributed by atoms with Crippen LogP contribution >= 0.6 is 7.05 Å². The smallest absolute Gasteiger partial charge is 0.304 e. The Labute approximate surface area is 96.2 Å². The Bertz CT molecular complexity index is 225. The quantitative estimate of drug-likeness (QED) is 0.375. The molecule has 0 aliphatic carbocycles. The normalized spacial score (nSPS) is 14.1. The Morgan fingerprint density at radius 1 is 0.867 bits per heavy atom. The lowest BCUT2D eigenvalue weighted by molar-refractivity contribution is 0.796. The van der Waals surface area contributed by atoms with E-state index in [-0.39, 0.29) is 0 Å². The van der Waals surface area contributed by atoms with Crippen LogP contribution in [0.3, 0.4) is 0 Å². The lowest BCUT2D eigenvalue weighted by atomic mass is 10.5. The summed E-state index contributed by atoms with van der Waals surface area (Å²) in [4.78, 5) is 0. The van der Waals surface area contributed by atoms with E-state index in [4.69, 9.17) is 4.41 Å². The molecule has 0 bridgehead atoms. The molecule has 4 heteroatoms. The molecular weight excluding hydrogens is 224 g/mol. The summed E-state index contributed by atoms with van der Waals surface area (Å²) in [5.41, 5.74) is 1.50. The second-order valence-corrected chi connectivity index (χ2v) is 13.9. The highest BCUT2D eigenvalue weighted by Crippen LogP contribution is 2.63. The van der Waals surface area contributed by atoms with E-state index < -0.39 is 15.6 Å². The molecule has 0 fully saturated rings. The van der Waals surface area contributed by atoms with Crippen molar-refractivity contribution in [2.75, 3.05) is 0 Å². The maximum Gasteiger partial charge on any atom is 0.359 e.